The third-order valence-electron chi connectivity index (χ3n) is 1.05. The molecule has 0 aliphatic rings. The van der Waals surface area contributed by atoms with Crippen molar-refractivity contribution in [1.82, 2.24) is 10.2 Å². The first-order valence-corrected chi connectivity index (χ1v) is 3.85. The topological polar surface area (TPSA) is 48.2 Å². The minimum atomic E-state index is 0.249. The Hall–Kier alpha value is -0.610. The summed E-state index contributed by atoms with van der Waals surface area (Å²) in [5, 5.41) is 7.36. The normalized spacial score (nSPS) is 10.4. The van der Waals surface area contributed by atoms with Gasteiger partial charge in [0.1, 0.15) is 12.5 Å². The Kier molecular flexibility index (Phi) is 3.32. The molecule has 0 radical (unpaired) electrons. The molecule has 0 saturated carbocycles. The number of hydrogen-bond acceptors (Lipinski definition) is 4. The van der Waals surface area contributed by atoms with Gasteiger partial charge in [-0.2, -0.15) is 0 Å². The lowest BCUT2D eigenvalue weighted by molar-refractivity contribution is 0.113. The fourth-order valence-corrected chi connectivity index (χ4v) is 0.698. The maximum atomic E-state index is 5.44. The van der Waals surface area contributed by atoms with Crippen molar-refractivity contribution >= 4 is 11.6 Å². The van der Waals surface area contributed by atoms with Gasteiger partial charge in [0.2, 0.25) is 11.8 Å². The molecule has 1 rings (SSSR count). The molecule has 0 amide bonds. The zero-order valence-electron chi connectivity index (χ0n) is 6.21. The summed E-state index contributed by atoms with van der Waals surface area (Å²) >= 11 is 5.44. The quantitative estimate of drug-likeness (QED) is 0.650. The first kappa shape index (κ1) is 8.49. The monoisotopic (exact) mass is 176 g/mol. The molecule has 1 aromatic heterocycles. The van der Waals surface area contributed by atoms with E-state index in [-0.39, 0.29) is 5.88 Å². The van der Waals surface area contributed by atoms with E-state index in [4.69, 9.17) is 20.8 Å². The van der Waals surface area contributed by atoms with Crippen LogP contribution in [0.4, 0.5) is 0 Å². The fourth-order valence-electron chi connectivity index (χ4n) is 0.590. The molecule has 0 aliphatic heterocycles. The Balaban J connectivity index is 2.44. The highest BCUT2D eigenvalue weighted by Gasteiger charge is 2.02. The number of ether oxygens (including phenoxy) is 1. The summed E-state index contributed by atoms with van der Waals surface area (Å²) in [5.74, 6) is 1.16. The second-order valence-electron chi connectivity index (χ2n) is 1.86. The first-order valence-electron chi connectivity index (χ1n) is 3.31. The van der Waals surface area contributed by atoms with Gasteiger partial charge < -0.3 is 9.15 Å². The molecular formula is C6H9ClN2O2. The number of aromatic nitrogens is 2. The van der Waals surface area contributed by atoms with Gasteiger partial charge in [-0.3, -0.25) is 0 Å². The molecule has 62 valence electrons. The van der Waals surface area contributed by atoms with Crippen LogP contribution in [0.15, 0.2) is 4.42 Å². The van der Waals surface area contributed by atoms with Gasteiger partial charge in [-0.05, 0) is 6.92 Å². The molecule has 5 heteroatoms. The number of nitrogens with zero attached hydrogens (tertiary/aromatic N) is 2. The van der Waals surface area contributed by atoms with Crippen LogP contribution in [-0.4, -0.2) is 16.8 Å². The SMILES string of the molecule is CCOCc1nnc(CCl)o1. The molecule has 11 heavy (non-hydrogen) atoms. The zero-order chi connectivity index (χ0) is 8.10. The number of rotatable bonds is 4. The van der Waals surface area contributed by atoms with Gasteiger partial charge in [-0.25, -0.2) is 0 Å². The standard InChI is InChI=1S/C6H9ClN2O2/c1-2-10-4-6-9-8-5(3-7)11-6/h2-4H2,1H3. The second-order valence-corrected chi connectivity index (χ2v) is 2.13. The van der Waals surface area contributed by atoms with Gasteiger partial charge in [0, 0.05) is 6.61 Å². The van der Waals surface area contributed by atoms with Gasteiger partial charge >= 0.3 is 0 Å². The lowest BCUT2D eigenvalue weighted by Gasteiger charge is -1.92. The summed E-state index contributed by atoms with van der Waals surface area (Å²) in [6.45, 7) is 2.90. The van der Waals surface area contributed by atoms with Crippen molar-refractivity contribution in [1.29, 1.82) is 0 Å². The van der Waals surface area contributed by atoms with E-state index in [1.807, 2.05) is 6.92 Å². The average molecular weight is 177 g/mol. The van der Waals surface area contributed by atoms with Crippen molar-refractivity contribution in [2.45, 2.75) is 19.4 Å². The predicted octanol–water partition coefficient (Wildman–Crippen LogP) is 1.34. The van der Waals surface area contributed by atoms with Crippen LogP contribution < -0.4 is 0 Å². The summed E-state index contributed by atoms with van der Waals surface area (Å²) in [6.07, 6.45) is 0. The van der Waals surface area contributed by atoms with Crippen LogP contribution in [0.25, 0.3) is 0 Å². The average Bonchev–Trinajstić information content (AvgIpc) is 2.48. The molecule has 0 fully saturated rings. The van der Waals surface area contributed by atoms with Crippen LogP contribution in [-0.2, 0) is 17.2 Å². The molecule has 1 heterocycles. The molecule has 1 aromatic rings. The second kappa shape index (κ2) is 4.31. The Labute approximate surface area is 69.5 Å². The van der Waals surface area contributed by atoms with Crippen molar-refractivity contribution in [3.05, 3.63) is 11.8 Å². The maximum Gasteiger partial charge on any atom is 0.242 e. The molecule has 0 spiro atoms. The number of halogens is 1. The maximum absolute atomic E-state index is 5.44. The highest BCUT2D eigenvalue weighted by Crippen LogP contribution is 2.03. The summed E-state index contributed by atoms with van der Waals surface area (Å²) < 4.78 is 10.1. The van der Waals surface area contributed by atoms with Crippen LogP contribution in [0.5, 0.6) is 0 Å². The number of hydrogen-bond donors (Lipinski definition) is 0. The molecular weight excluding hydrogens is 168 g/mol. The van der Waals surface area contributed by atoms with E-state index in [2.05, 4.69) is 10.2 Å². The molecule has 0 aliphatic carbocycles. The minimum absolute atomic E-state index is 0.249. The highest BCUT2D eigenvalue weighted by molar-refractivity contribution is 6.16. The largest absolute Gasteiger partial charge is 0.421 e. The van der Waals surface area contributed by atoms with Gasteiger partial charge in [0.15, 0.2) is 0 Å². The van der Waals surface area contributed by atoms with Crippen molar-refractivity contribution in [3.63, 3.8) is 0 Å². The highest BCUT2D eigenvalue weighted by atomic mass is 35.5. The van der Waals surface area contributed by atoms with Crippen LogP contribution in [0.3, 0.4) is 0 Å². The Bertz CT molecular complexity index is 214. The van der Waals surface area contributed by atoms with Crippen LogP contribution >= 0.6 is 11.6 Å². The van der Waals surface area contributed by atoms with Crippen LogP contribution in [0, 0.1) is 0 Å². The lowest BCUT2D eigenvalue weighted by atomic mass is 10.7. The van der Waals surface area contributed by atoms with E-state index in [0.717, 1.165) is 0 Å². The van der Waals surface area contributed by atoms with Gasteiger partial charge in [-0.15, -0.1) is 21.8 Å². The summed E-state index contributed by atoms with van der Waals surface area (Å²) in [5.41, 5.74) is 0. The third-order valence-corrected chi connectivity index (χ3v) is 1.28. The van der Waals surface area contributed by atoms with E-state index in [0.29, 0.717) is 25.0 Å². The fraction of sp³-hybridized carbons (Fsp3) is 0.667. The summed E-state index contributed by atoms with van der Waals surface area (Å²) in [6, 6.07) is 0. The zero-order valence-corrected chi connectivity index (χ0v) is 6.97. The van der Waals surface area contributed by atoms with Gasteiger partial charge in [0.25, 0.3) is 0 Å². The van der Waals surface area contributed by atoms with E-state index in [1.54, 1.807) is 0 Å². The lowest BCUT2D eigenvalue weighted by Crippen LogP contribution is -1.91. The first-order chi connectivity index (χ1) is 5.36. The van der Waals surface area contributed by atoms with Gasteiger partial charge in [-0.1, -0.05) is 0 Å². The smallest absolute Gasteiger partial charge is 0.242 e. The molecule has 0 saturated heterocycles. The van der Waals surface area contributed by atoms with E-state index >= 15 is 0 Å². The minimum Gasteiger partial charge on any atom is -0.421 e. The van der Waals surface area contributed by atoms with E-state index < -0.39 is 0 Å². The summed E-state index contributed by atoms with van der Waals surface area (Å²) in [4.78, 5) is 0. The van der Waals surface area contributed by atoms with E-state index in [1.165, 1.54) is 0 Å². The van der Waals surface area contributed by atoms with Crippen molar-refractivity contribution in [2.24, 2.45) is 0 Å². The predicted molar refractivity (Wildman–Crippen MR) is 39.2 cm³/mol. The Morgan fingerprint density at radius 3 is 2.73 bits per heavy atom. The third kappa shape index (κ3) is 2.48. The van der Waals surface area contributed by atoms with Crippen molar-refractivity contribution in [3.8, 4) is 0 Å². The molecule has 0 atom stereocenters. The molecule has 4 nitrogen and oxygen atoms in total. The van der Waals surface area contributed by atoms with Crippen LogP contribution in [0.2, 0.25) is 0 Å². The molecule has 0 bridgehead atoms. The molecule has 0 N–H and O–H groups in total. The van der Waals surface area contributed by atoms with Crippen molar-refractivity contribution in [2.75, 3.05) is 6.61 Å². The Morgan fingerprint density at radius 2 is 2.18 bits per heavy atom. The summed E-state index contributed by atoms with van der Waals surface area (Å²) in [7, 11) is 0. The number of alkyl halides is 1. The van der Waals surface area contributed by atoms with Crippen molar-refractivity contribution < 1.29 is 9.15 Å². The van der Waals surface area contributed by atoms with Gasteiger partial charge in [0.05, 0.1) is 0 Å². The Morgan fingerprint density at radius 1 is 1.45 bits per heavy atom. The van der Waals surface area contributed by atoms with E-state index in [9.17, 15) is 0 Å². The molecule has 0 unspecified atom stereocenters. The molecule has 0 aromatic carbocycles. The van der Waals surface area contributed by atoms with Crippen LogP contribution in [0.1, 0.15) is 18.7 Å².